The molecule has 0 saturated carbocycles. The summed E-state index contributed by atoms with van der Waals surface area (Å²) in [5.41, 5.74) is 0.249. The highest BCUT2D eigenvalue weighted by Gasteiger charge is 2.32. The summed E-state index contributed by atoms with van der Waals surface area (Å²) in [5, 5.41) is 0.805. The van der Waals surface area contributed by atoms with Gasteiger partial charge in [0.05, 0.1) is 11.1 Å². The van der Waals surface area contributed by atoms with Gasteiger partial charge in [0.25, 0.3) is 10.0 Å². The predicted octanol–water partition coefficient (Wildman–Crippen LogP) is 3.63. The third-order valence-electron chi connectivity index (χ3n) is 4.28. The molecule has 0 aliphatic carbocycles. The van der Waals surface area contributed by atoms with Crippen molar-refractivity contribution >= 4 is 33.6 Å². The summed E-state index contributed by atoms with van der Waals surface area (Å²) in [6, 6.07) is 11.1. The molecular formula is C22H22F2N2O4S. The predicted molar refractivity (Wildman–Crippen MR) is 115 cm³/mol. The van der Waals surface area contributed by atoms with E-state index in [1.807, 2.05) is 4.72 Å². The number of rotatable bonds is 9. The molecule has 0 aliphatic heterocycles. The number of carbonyl (C=O) groups excluding carboxylic acids is 2. The van der Waals surface area contributed by atoms with Crippen molar-refractivity contribution in [2.75, 3.05) is 11.4 Å². The van der Waals surface area contributed by atoms with E-state index in [1.54, 1.807) is 30.3 Å². The van der Waals surface area contributed by atoms with E-state index in [4.69, 9.17) is 0 Å². The number of nitrogens with zero attached hydrogens (tertiary/aromatic N) is 1. The summed E-state index contributed by atoms with van der Waals surface area (Å²) >= 11 is 0. The highest BCUT2D eigenvalue weighted by molar-refractivity contribution is 7.93. The quantitative estimate of drug-likeness (QED) is 0.469. The van der Waals surface area contributed by atoms with Crippen molar-refractivity contribution in [3.63, 3.8) is 0 Å². The molecule has 0 saturated heterocycles. The van der Waals surface area contributed by atoms with Crippen LogP contribution in [0.15, 0.2) is 66.6 Å². The molecule has 2 amide bonds. The molecule has 0 fully saturated rings. The van der Waals surface area contributed by atoms with Crippen LogP contribution in [-0.4, -0.2) is 26.8 Å². The molecular weight excluding hydrogens is 426 g/mol. The second kappa shape index (κ2) is 10.6. The van der Waals surface area contributed by atoms with Gasteiger partial charge in [-0.15, -0.1) is 6.58 Å². The molecule has 0 heterocycles. The van der Waals surface area contributed by atoms with Crippen LogP contribution in [0.4, 0.5) is 14.5 Å². The maximum Gasteiger partial charge on any atom is 0.257 e. The van der Waals surface area contributed by atoms with E-state index in [1.165, 1.54) is 19.1 Å². The zero-order valence-corrected chi connectivity index (χ0v) is 17.6. The van der Waals surface area contributed by atoms with Crippen LogP contribution in [0.1, 0.15) is 18.9 Å². The first-order chi connectivity index (χ1) is 14.7. The lowest BCUT2D eigenvalue weighted by Gasteiger charge is -2.25. The first-order valence-corrected chi connectivity index (χ1v) is 10.9. The smallest absolute Gasteiger partial charge is 0.257 e. The molecule has 0 radical (unpaired) electrons. The Kier molecular flexibility index (Phi) is 8.21. The molecule has 6 nitrogen and oxygen atoms in total. The van der Waals surface area contributed by atoms with E-state index in [2.05, 4.69) is 6.58 Å². The summed E-state index contributed by atoms with van der Waals surface area (Å²) in [7, 11) is -4.21. The number of halogens is 2. The van der Waals surface area contributed by atoms with Gasteiger partial charge in [-0.25, -0.2) is 21.9 Å². The Morgan fingerprint density at radius 2 is 1.84 bits per heavy atom. The minimum Gasteiger partial charge on any atom is -0.309 e. The summed E-state index contributed by atoms with van der Waals surface area (Å²) < 4.78 is 54.1. The van der Waals surface area contributed by atoms with E-state index in [9.17, 15) is 26.8 Å². The van der Waals surface area contributed by atoms with Crippen LogP contribution in [0.3, 0.4) is 0 Å². The molecule has 164 valence electrons. The van der Waals surface area contributed by atoms with Gasteiger partial charge in [0.1, 0.15) is 17.6 Å². The number of carbonyl (C=O) groups is 2. The highest BCUT2D eigenvalue weighted by Crippen LogP contribution is 2.23. The van der Waals surface area contributed by atoms with Crippen LogP contribution in [0.25, 0.3) is 6.08 Å². The Bertz CT molecular complexity index is 1090. The molecule has 2 aromatic rings. The van der Waals surface area contributed by atoms with Gasteiger partial charge in [-0.05, 0) is 37.1 Å². The van der Waals surface area contributed by atoms with Crippen molar-refractivity contribution in [1.29, 1.82) is 0 Å². The summed E-state index contributed by atoms with van der Waals surface area (Å²) in [6.07, 6.45) is 2.36. The minimum atomic E-state index is -4.21. The molecule has 9 heteroatoms. The molecule has 0 aromatic heterocycles. The number of anilines is 1. The molecule has 1 N–H and O–H groups in total. The Morgan fingerprint density at radius 1 is 1.16 bits per heavy atom. The van der Waals surface area contributed by atoms with Crippen molar-refractivity contribution in [3.8, 4) is 0 Å². The molecule has 2 rings (SSSR count). The lowest BCUT2D eigenvalue weighted by atomic mass is 10.0. The number of amides is 2. The SMILES string of the molecule is C=CCC(C(=O)NS(=O)(=O)C=Cc1ccccc1)C(=O)N(CC)c1cc(F)ccc1F. The Labute approximate surface area is 179 Å². The first kappa shape index (κ1) is 23.9. The number of hydrogen-bond donors (Lipinski definition) is 1. The van der Waals surface area contributed by atoms with Crippen LogP contribution in [0.2, 0.25) is 0 Å². The average molecular weight is 448 g/mol. The molecule has 0 spiro atoms. The summed E-state index contributed by atoms with van der Waals surface area (Å²) in [6.45, 7) is 4.93. The third kappa shape index (κ3) is 6.58. The van der Waals surface area contributed by atoms with Crippen LogP contribution in [0.5, 0.6) is 0 Å². The zero-order valence-electron chi connectivity index (χ0n) is 16.8. The molecule has 0 aliphatic rings. The average Bonchev–Trinajstić information content (AvgIpc) is 2.73. The Hall–Kier alpha value is -3.33. The molecule has 1 atom stereocenters. The van der Waals surface area contributed by atoms with Gasteiger partial charge in [-0.1, -0.05) is 36.4 Å². The number of sulfonamides is 1. The van der Waals surface area contributed by atoms with Gasteiger partial charge >= 0.3 is 0 Å². The standard InChI is InChI=1S/C22H22F2N2O4S/c1-3-8-18(22(28)26(4-2)20-15-17(23)11-12-19(20)24)21(27)25-31(29,30)14-13-16-9-6-5-7-10-16/h3,5-7,9-15,18H,1,4,8H2,2H3,(H,25,27). The topological polar surface area (TPSA) is 83.5 Å². The van der Waals surface area contributed by atoms with Crippen molar-refractivity contribution < 1.29 is 26.8 Å². The lowest BCUT2D eigenvalue weighted by Crippen LogP contribution is -2.45. The van der Waals surface area contributed by atoms with E-state index in [0.717, 1.165) is 28.5 Å². The maximum absolute atomic E-state index is 14.2. The monoisotopic (exact) mass is 448 g/mol. The fraction of sp³-hybridized carbons (Fsp3) is 0.182. The Morgan fingerprint density at radius 3 is 2.45 bits per heavy atom. The summed E-state index contributed by atoms with van der Waals surface area (Å²) in [4.78, 5) is 26.5. The zero-order chi connectivity index (χ0) is 23.0. The number of nitrogens with one attached hydrogen (secondary N) is 1. The van der Waals surface area contributed by atoms with Crippen molar-refractivity contribution in [2.24, 2.45) is 5.92 Å². The minimum absolute atomic E-state index is 0.0687. The lowest BCUT2D eigenvalue weighted by molar-refractivity contribution is -0.132. The van der Waals surface area contributed by atoms with Crippen molar-refractivity contribution in [1.82, 2.24) is 4.72 Å². The Balaban J connectivity index is 2.25. The molecule has 0 bridgehead atoms. The van der Waals surface area contributed by atoms with Gasteiger partial charge in [0.2, 0.25) is 11.8 Å². The van der Waals surface area contributed by atoms with E-state index < -0.39 is 39.4 Å². The van der Waals surface area contributed by atoms with Gasteiger partial charge in [0.15, 0.2) is 0 Å². The van der Waals surface area contributed by atoms with Gasteiger partial charge < -0.3 is 4.90 Å². The largest absolute Gasteiger partial charge is 0.309 e. The van der Waals surface area contributed by atoms with Crippen LogP contribution < -0.4 is 9.62 Å². The second-order valence-corrected chi connectivity index (χ2v) is 8.05. The van der Waals surface area contributed by atoms with Crippen molar-refractivity contribution in [3.05, 3.63) is 83.8 Å². The molecule has 1 unspecified atom stereocenters. The van der Waals surface area contributed by atoms with Crippen molar-refractivity contribution in [2.45, 2.75) is 13.3 Å². The maximum atomic E-state index is 14.2. The highest BCUT2D eigenvalue weighted by atomic mass is 32.2. The van der Waals surface area contributed by atoms with Gasteiger partial charge in [0, 0.05) is 12.6 Å². The van der Waals surface area contributed by atoms with Crippen LogP contribution >= 0.6 is 0 Å². The number of benzene rings is 2. The van der Waals surface area contributed by atoms with Crippen LogP contribution in [-0.2, 0) is 19.6 Å². The molecule has 31 heavy (non-hydrogen) atoms. The number of hydrogen-bond acceptors (Lipinski definition) is 4. The van der Waals surface area contributed by atoms with Gasteiger partial charge in [-0.3, -0.25) is 9.59 Å². The van der Waals surface area contributed by atoms with E-state index in [-0.39, 0.29) is 18.7 Å². The fourth-order valence-electron chi connectivity index (χ4n) is 2.79. The van der Waals surface area contributed by atoms with Gasteiger partial charge in [-0.2, -0.15) is 0 Å². The summed E-state index contributed by atoms with van der Waals surface area (Å²) in [5.74, 6) is -5.10. The first-order valence-electron chi connectivity index (χ1n) is 9.35. The van der Waals surface area contributed by atoms with E-state index in [0.29, 0.717) is 5.56 Å². The van der Waals surface area contributed by atoms with E-state index >= 15 is 0 Å². The normalized spacial score (nSPS) is 12.4. The number of allylic oxidation sites excluding steroid dienone is 1. The third-order valence-corrected chi connectivity index (χ3v) is 5.26. The van der Waals surface area contributed by atoms with Crippen LogP contribution in [0, 0.1) is 17.6 Å². The fourth-order valence-corrected chi connectivity index (χ4v) is 3.62. The molecule has 2 aromatic carbocycles. The second-order valence-electron chi connectivity index (χ2n) is 6.48.